The van der Waals surface area contributed by atoms with E-state index in [2.05, 4.69) is 145 Å². The molecule has 0 aliphatic heterocycles. The van der Waals surface area contributed by atoms with Gasteiger partial charge in [-0.25, -0.2) is 4.98 Å². The molecule has 0 aliphatic carbocycles. The average Bonchev–Trinajstić information content (AvgIpc) is 3.32. The summed E-state index contributed by atoms with van der Waals surface area (Å²) >= 11 is 1.75. The number of hydrogen-bond acceptors (Lipinski definition) is 2. The van der Waals surface area contributed by atoms with Crippen LogP contribution in [0, 0.1) is 6.92 Å². The van der Waals surface area contributed by atoms with E-state index >= 15 is 0 Å². The number of nitrogens with zero attached hydrogens (tertiary/aromatic N) is 1. The van der Waals surface area contributed by atoms with E-state index in [4.69, 9.17) is 0 Å². The maximum atomic E-state index is 4.61. The Balaban J connectivity index is 1.54. The summed E-state index contributed by atoms with van der Waals surface area (Å²) in [5, 5.41) is 1.10. The van der Waals surface area contributed by atoms with Crippen LogP contribution in [0.3, 0.4) is 0 Å². The van der Waals surface area contributed by atoms with Gasteiger partial charge in [-0.3, -0.25) is 0 Å². The number of thiazole rings is 1. The maximum Gasteiger partial charge on any atom is 0.0907 e. The van der Waals surface area contributed by atoms with Gasteiger partial charge in [0.05, 0.1) is 15.2 Å². The third-order valence-electron chi connectivity index (χ3n) is 6.44. The Bertz CT molecular complexity index is 1600. The predicted octanol–water partition coefficient (Wildman–Crippen LogP) is 9.28. The van der Waals surface area contributed by atoms with Crippen molar-refractivity contribution < 1.29 is 0 Å². The molecule has 1 heterocycles. The van der Waals surface area contributed by atoms with Gasteiger partial charge in [-0.15, -0.1) is 11.3 Å². The fourth-order valence-corrected chi connectivity index (χ4v) is 5.64. The molecule has 2 heteroatoms. The maximum absolute atomic E-state index is 4.61. The van der Waals surface area contributed by atoms with Crippen molar-refractivity contribution in [2.75, 3.05) is 0 Å². The first kappa shape index (κ1) is 22.2. The fraction of sp³-hybridized carbons (Fsp3) is 0.0294. The van der Waals surface area contributed by atoms with E-state index < -0.39 is 0 Å². The minimum Gasteiger partial charge on any atom is -0.242 e. The number of benzene rings is 5. The molecule has 0 radical (unpaired) electrons. The van der Waals surface area contributed by atoms with E-state index in [1.807, 2.05) is 0 Å². The van der Waals surface area contributed by atoms with Crippen LogP contribution in [0.2, 0.25) is 0 Å². The first-order valence-corrected chi connectivity index (χ1v) is 13.0. The van der Waals surface area contributed by atoms with Crippen molar-refractivity contribution in [2.24, 2.45) is 0 Å². The van der Waals surface area contributed by atoms with E-state index in [9.17, 15) is 0 Å². The van der Waals surface area contributed by atoms with Gasteiger partial charge in [0.15, 0.2) is 0 Å². The van der Waals surface area contributed by atoms with Gasteiger partial charge in [-0.05, 0) is 63.6 Å². The molecule has 36 heavy (non-hydrogen) atoms. The zero-order valence-corrected chi connectivity index (χ0v) is 20.9. The van der Waals surface area contributed by atoms with E-state index in [1.165, 1.54) is 49.2 Å². The highest BCUT2D eigenvalue weighted by molar-refractivity contribution is 7.18. The summed E-state index contributed by atoms with van der Waals surface area (Å²) in [5.41, 5.74) is 10.8. The second-order valence-corrected chi connectivity index (χ2v) is 10.1. The molecule has 0 atom stereocenters. The minimum atomic E-state index is 1.07. The van der Waals surface area contributed by atoms with Crippen LogP contribution in [0.15, 0.2) is 133 Å². The molecule has 0 spiro atoms. The Labute approximate surface area is 216 Å². The molecule has 0 saturated carbocycles. The Morgan fingerprint density at radius 3 is 1.44 bits per heavy atom. The lowest BCUT2D eigenvalue weighted by Gasteiger charge is -2.18. The molecule has 0 saturated heterocycles. The quantitative estimate of drug-likeness (QED) is 0.225. The molecule has 172 valence electrons. The summed E-state index contributed by atoms with van der Waals surface area (Å²) < 4.78 is 1.23. The molecule has 1 nitrogen and oxygen atoms in total. The van der Waals surface area contributed by atoms with Crippen LogP contribution < -0.4 is 0 Å². The molecule has 0 bridgehead atoms. The number of rotatable bonds is 5. The first-order chi connectivity index (χ1) is 17.8. The minimum absolute atomic E-state index is 1.07. The summed E-state index contributed by atoms with van der Waals surface area (Å²) in [5.74, 6) is 0. The molecular weight excluding hydrogens is 454 g/mol. The van der Waals surface area contributed by atoms with Crippen LogP contribution in [0.5, 0.6) is 0 Å². The molecule has 0 fully saturated rings. The zero-order chi connectivity index (χ0) is 24.3. The monoisotopic (exact) mass is 479 g/mol. The highest BCUT2D eigenvalue weighted by atomic mass is 32.1. The molecule has 5 aromatic carbocycles. The first-order valence-electron chi connectivity index (χ1n) is 12.1. The van der Waals surface area contributed by atoms with Crippen LogP contribution in [0.4, 0.5) is 0 Å². The lowest BCUT2D eigenvalue weighted by Crippen LogP contribution is -1.97. The molecule has 6 rings (SSSR count). The van der Waals surface area contributed by atoms with E-state index in [1.54, 1.807) is 11.3 Å². The number of fused-ring (bicyclic) bond motifs is 1. The summed E-state index contributed by atoms with van der Waals surface area (Å²) in [6.07, 6.45) is 0. The summed E-state index contributed by atoms with van der Waals surface area (Å²) in [7, 11) is 0. The van der Waals surface area contributed by atoms with Crippen molar-refractivity contribution in [1.29, 1.82) is 0 Å². The van der Waals surface area contributed by atoms with Gasteiger partial charge in [0.1, 0.15) is 0 Å². The highest BCUT2D eigenvalue weighted by Crippen LogP contribution is 2.37. The number of aromatic nitrogens is 1. The van der Waals surface area contributed by atoms with Gasteiger partial charge in [0.25, 0.3) is 0 Å². The smallest absolute Gasteiger partial charge is 0.0907 e. The Kier molecular flexibility index (Phi) is 6.03. The van der Waals surface area contributed by atoms with Crippen LogP contribution in [-0.4, -0.2) is 4.98 Å². The summed E-state index contributed by atoms with van der Waals surface area (Å²) in [6, 6.07) is 47.6. The van der Waals surface area contributed by atoms with Gasteiger partial charge >= 0.3 is 0 Å². The third kappa shape index (κ3) is 4.39. The SMILES string of the molecule is Cc1nc2ccc(-c3ccc(C(=C(c4ccccc4)c4ccccc4)c4ccccc4)cc3)cc2s1. The number of aryl methyl sites for hydroxylation is 1. The zero-order valence-electron chi connectivity index (χ0n) is 20.1. The van der Waals surface area contributed by atoms with Crippen LogP contribution in [0.25, 0.3) is 32.5 Å². The molecular formula is C34H25NS. The average molecular weight is 480 g/mol. The Morgan fingerprint density at radius 1 is 0.500 bits per heavy atom. The second-order valence-electron chi connectivity index (χ2n) is 8.84. The lowest BCUT2D eigenvalue weighted by molar-refractivity contribution is 1.35. The van der Waals surface area contributed by atoms with Gasteiger partial charge < -0.3 is 0 Å². The summed E-state index contributed by atoms with van der Waals surface area (Å²) in [6.45, 7) is 2.06. The molecule has 0 amide bonds. The van der Waals surface area contributed by atoms with Gasteiger partial charge in [0, 0.05) is 0 Å². The Hall–Kier alpha value is -4.27. The predicted molar refractivity (Wildman–Crippen MR) is 154 cm³/mol. The molecule has 0 N–H and O–H groups in total. The molecule has 0 aliphatic rings. The van der Waals surface area contributed by atoms with E-state index in [-0.39, 0.29) is 0 Å². The fourth-order valence-electron chi connectivity index (χ4n) is 4.77. The van der Waals surface area contributed by atoms with Crippen LogP contribution in [-0.2, 0) is 0 Å². The second kappa shape index (κ2) is 9.77. The topological polar surface area (TPSA) is 12.9 Å². The normalized spacial score (nSPS) is 10.9. The largest absolute Gasteiger partial charge is 0.242 e. The Morgan fingerprint density at radius 2 is 0.944 bits per heavy atom. The van der Waals surface area contributed by atoms with Crippen molar-refractivity contribution in [3.05, 3.63) is 161 Å². The molecule has 0 unspecified atom stereocenters. The van der Waals surface area contributed by atoms with Gasteiger partial charge in [-0.1, -0.05) is 121 Å². The van der Waals surface area contributed by atoms with Gasteiger partial charge in [0.2, 0.25) is 0 Å². The third-order valence-corrected chi connectivity index (χ3v) is 7.37. The van der Waals surface area contributed by atoms with E-state index in [0.29, 0.717) is 0 Å². The van der Waals surface area contributed by atoms with Crippen molar-refractivity contribution in [1.82, 2.24) is 4.98 Å². The van der Waals surface area contributed by atoms with Crippen molar-refractivity contribution in [3.8, 4) is 11.1 Å². The van der Waals surface area contributed by atoms with Gasteiger partial charge in [-0.2, -0.15) is 0 Å². The van der Waals surface area contributed by atoms with Crippen LogP contribution in [0.1, 0.15) is 27.3 Å². The number of hydrogen-bond donors (Lipinski definition) is 0. The molecule has 6 aromatic rings. The van der Waals surface area contributed by atoms with Crippen molar-refractivity contribution in [3.63, 3.8) is 0 Å². The standard InChI is InChI=1S/C34H25NS/c1-24-35-31-22-21-30(23-32(31)36-24)25-17-19-29(20-18-25)34(28-15-9-4-10-16-28)33(26-11-5-2-6-12-26)27-13-7-3-8-14-27/h2-23H,1H3. The highest BCUT2D eigenvalue weighted by Gasteiger charge is 2.16. The van der Waals surface area contributed by atoms with Crippen molar-refractivity contribution >= 4 is 32.7 Å². The van der Waals surface area contributed by atoms with Crippen LogP contribution >= 0.6 is 11.3 Å². The van der Waals surface area contributed by atoms with E-state index in [0.717, 1.165) is 10.5 Å². The lowest BCUT2D eigenvalue weighted by atomic mass is 9.85. The summed E-state index contributed by atoms with van der Waals surface area (Å²) in [4.78, 5) is 4.61. The molecule has 1 aromatic heterocycles. The van der Waals surface area contributed by atoms with Crippen molar-refractivity contribution in [2.45, 2.75) is 6.92 Å².